The molecule has 0 radical (unpaired) electrons. The molecule has 0 saturated heterocycles. The molecule has 2 aromatic heterocycles. The summed E-state index contributed by atoms with van der Waals surface area (Å²) in [5.74, 6) is 0.171. The van der Waals surface area contributed by atoms with Crippen molar-refractivity contribution in [1.29, 1.82) is 0 Å². The smallest absolute Gasteiger partial charge is 0.418 e. The van der Waals surface area contributed by atoms with Crippen LogP contribution in [0.15, 0.2) is 12.3 Å². The van der Waals surface area contributed by atoms with Gasteiger partial charge in [-0.25, -0.2) is 4.98 Å². The van der Waals surface area contributed by atoms with Crippen molar-refractivity contribution in [2.45, 2.75) is 50.4 Å². The molecule has 2 unspecified atom stereocenters. The van der Waals surface area contributed by atoms with E-state index in [2.05, 4.69) is 20.5 Å². The fraction of sp³-hybridized carbons (Fsp3) is 0.500. The van der Waals surface area contributed by atoms with Crippen LogP contribution in [0.3, 0.4) is 0 Å². The van der Waals surface area contributed by atoms with Crippen LogP contribution in [0.2, 0.25) is 0 Å². The van der Waals surface area contributed by atoms with Gasteiger partial charge in [0.1, 0.15) is 11.4 Å². The van der Waals surface area contributed by atoms with E-state index in [0.717, 1.165) is 19.3 Å². The van der Waals surface area contributed by atoms with Gasteiger partial charge >= 0.3 is 6.18 Å². The molecule has 1 aliphatic heterocycles. The van der Waals surface area contributed by atoms with Gasteiger partial charge in [0.15, 0.2) is 17.3 Å². The number of aliphatic hydroxyl groups is 1. The minimum atomic E-state index is -4.61. The Morgan fingerprint density at radius 3 is 2.64 bits per heavy atom. The summed E-state index contributed by atoms with van der Waals surface area (Å²) < 4.78 is 44.0. The monoisotopic (exact) mass is 396 g/mol. The van der Waals surface area contributed by atoms with E-state index in [0.29, 0.717) is 48.8 Å². The van der Waals surface area contributed by atoms with Crippen LogP contribution in [0.4, 0.5) is 19.0 Å². The standard InChI is InChI=1S/C18H19F3N4O3/c19-18(20,21)9-7-13(27)14(22-8-9)15-16-10(5-6-28-16)17(25-24-15)23-11-3-1-2-4-12(11)26/h7-8,11-12,26-27H,1-6H2,(H,23,25). The molecule has 1 aliphatic carbocycles. The minimum absolute atomic E-state index is 0.0912. The van der Waals surface area contributed by atoms with E-state index in [-0.39, 0.29) is 17.4 Å². The topological polar surface area (TPSA) is 100 Å². The molecule has 0 bridgehead atoms. The van der Waals surface area contributed by atoms with Gasteiger partial charge in [0.2, 0.25) is 0 Å². The number of ether oxygens (including phenoxy) is 1. The number of aromatic hydroxyl groups is 1. The Kier molecular flexibility index (Phi) is 4.74. The molecule has 2 aromatic rings. The van der Waals surface area contributed by atoms with Crippen molar-refractivity contribution in [1.82, 2.24) is 15.2 Å². The van der Waals surface area contributed by atoms with Crippen molar-refractivity contribution >= 4 is 5.82 Å². The summed E-state index contributed by atoms with van der Waals surface area (Å²) >= 11 is 0. The maximum Gasteiger partial charge on any atom is 0.418 e. The quantitative estimate of drug-likeness (QED) is 0.733. The van der Waals surface area contributed by atoms with Crippen molar-refractivity contribution in [2.24, 2.45) is 0 Å². The molecule has 3 N–H and O–H groups in total. The van der Waals surface area contributed by atoms with Gasteiger partial charge in [0, 0.05) is 18.2 Å². The van der Waals surface area contributed by atoms with Crippen LogP contribution in [-0.4, -0.2) is 44.1 Å². The zero-order valence-corrected chi connectivity index (χ0v) is 14.8. The molecule has 1 fully saturated rings. The van der Waals surface area contributed by atoms with E-state index < -0.39 is 23.6 Å². The largest absolute Gasteiger partial charge is 0.506 e. The van der Waals surface area contributed by atoms with Gasteiger partial charge in [-0.05, 0) is 18.9 Å². The number of rotatable bonds is 3. The molecule has 4 rings (SSSR count). The molecule has 0 spiro atoms. The second kappa shape index (κ2) is 7.08. The normalized spacial score (nSPS) is 21.9. The van der Waals surface area contributed by atoms with Gasteiger partial charge in [-0.2, -0.15) is 13.2 Å². The molecule has 3 heterocycles. The molecule has 0 amide bonds. The zero-order valence-electron chi connectivity index (χ0n) is 14.8. The van der Waals surface area contributed by atoms with E-state index in [1.54, 1.807) is 0 Å². The number of alkyl halides is 3. The lowest BCUT2D eigenvalue weighted by Crippen LogP contribution is -2.36. The molecule has 150 valence electrons. The number of aromatic nitrogens is 3. The highest BCUT2D eigenvalue weighted by Gasteiger charge is 2.33. The number of hydrogen-bond acceptors (Lipinski definition) is 7. The summed E-state index contributed by atoms with van der Waals surface area (Å²) in [6.45, 7) is 0.360. The first-order valence-electron chi connectivity index (χ1n) is 9.08. The highest BCUT2D eigenvalue weighted by atomic mass is 19.4. The van der Waals surface area contributed by atoms with E-state index >= 15 is 0 Å². The number of aliphatic hydroxyl groups excluding tert-OH is 1. The predicted octanol–water partition coefficient (Wildman–Crippen LogP) is 2.91. The molecule has 2 aliphatic rings. The number of fused-ring (bicyclic) bond motifs is 1. The number of nitrogens with zero attached hydrogens (tertiary/aromatic N) is 3. The van der Waals surface area contributed by atoms with Crippen LogP contribution in [0.25, 0.3) is 11.4 Å². The van der Waals surface area contributed by atoms with Crippen LogP contribution in [0.1, 0.15) is 36.8 Å². The molecular formula is C18H19F3N4O3. The summed E-state index contributed by atoms with van der Waals surface area (Å²) in [7, 11) is 0. The third-order valence-corrected chi connectivity index (χ3v) is 5.09. The third-order valence-electron chi connectivity index (χ3n) is 5.09. The predicted molar refractivity (Wildman–Crippen MR) is 93.0 cm³/mol. The summed E-state index contributed by atoms with van der Waals surface area (Å²) in [4.78, 5) is 3.74. The lowest BCUT2D eigenvalue weighted by atomic mass is 9.92. The number of nitrogens with one attached hydrogen (secondary N) is 1. The van der Waals surface area contributed by atoms with Gasteiger partial charge in [-0.3, -0.25) is 0 Å². The number of hydrogen-bond donors (Lipinski definition) is 3. The molecular weight excluding hydrogens is 377 g/mol. The Labute approximate surface area is 158 Å². The number of anilines is 1. The fourth-order valence-corrected chi connectivity index (χ4v) is 3.62. The van der Waals surface area contributed by atoms with Crippen molar-refractivity contribution in [3.8, 4) is 22.9 Å². The Morgan fingerprint density at radius 2 is 1.93 bits per heavy atom. The molecule has 2 atom stereocenters. The SMILES string of the molecule is Oc1cc(C(F)(F)F)cnc1-c1nnc(NC2CCCCC2O)c2c1OCC2. The lowest BCUT2D eigenvalue weighted by molar-refractivity contribution is -0.137. The first-order valence-corrected chi connectivity index (χ1v) is 9.08. The number of halogens is 3. The summed E-state index contributed by atoms with van der Waals surface area (Å²) in [6, 6.07) is 0.465. The maximum atomic E-state index is 12.8. The Morgan fingerprint density at radius 1 is 1.14 bits per heavy atom. The van der Waals surface area contributed by atoms with E-state index in [1.807, 2.05) is 0 Å². The molecule has 1 saturated carbocycles. The minimum Gasteiger partial charge on any atom is -0.506 e. The van der Waals surface area contributed by atoms with Crippen LogP contribution < -0.4 is 10.1 Å². The lowest BCUT2D eigenvalue weighted by Gasteiger charge is -2.29. The first kappa shape index (κ1) is 18.7. The average molecular weight is 396 g/mol. The van der Waals surface area contributed by atoms with E-state index in [9.17, 15) is 23.4 Å². The average Bonchev–Trinajstić information content (AvgIpc) is 3.13. The third kappa shape index (κ3) is 3.44. The van der Waals surface area contributed by atoms with E-state index in [4.69, 9.17) is 4.74 Å². The fourth-order valence-electron chi connectivity index (χ4n) is 3.62. The van der Waals surface area contributed by atoms with Crippen molar-refractivity contribution < 1.29 is 28.1 Å². The second-order valence-electron chi connectivity index (χ2n) is 7.00. The highest BCUT2D eigenvalue weighted by molar-refractivity contribution is 5.73. The Balaban J connectivity index is 1.68. The second-order valence-corrected chi connectivity index (χ2v) is 7.00. The van der Waals surface area contributed by atoms with Crippen LogP contribution in [0.5, 0.6) is 11.5 Å². The van der Waals surface area contributed by atoms with Crippen molar-refractivity contribution in [2.75, 3.05) is 11.9 Å². The number of pyridine rings is 1. The van der Waals surface area contributed by atoms with Gasteiger partial charge in [-0.15, -0.1) is 10.2 Å². The van der Waals surface area contributed by atoms with Crippen LogP contribution >= 0.6 is 0 Å². The van der Waals surface area contributed by atoms with E-state index in [1.165, 1.54) is 0 Å². The van der Waals surface area contributed by atoms with Crippen LogP contribution in [-0.2, 0) is 12.6 Å². The van der Waals surface area contributed by atoms with Crippen molar-refractivity contribution in [3.05, 3.63) is 23.4 Å². The Bertz CT molecular complexity index is 891. The maximum absolute atomic E-state index is 12.8. The zero-order chi connectivity index (χ0) is 19.9. The molecule has 0 aromatic carbocycles. The van der Waals surface area contributed by atoms with Gasteiger partial charge in [0.25, 0.3) is 0 Å². The summed E-state index contributed by atoms with van der Waals surface area (Å²) in [5.41, 5.74) is -0.371. The first-order chi connectivity index (χ1) is 13.3. The Hall–Kier alpha value is -2.62. The van der Waals surface area contributed by atoms with Crippen molar-refractivity contribution in [3.63, 3.8) is 0 Å². The molecule has 7 nitrogen and oxygen atoms in total. The van der Waals surface area contributed by atoms with Gasteiger partial charge < -0.3 is 20.3 Å². The molecule has 10 heteroatoms. The molecule has 28 heavy (non-hydrogen) atoms. The van der Waals surface area contributed by atoms with Gasteiger partial charge in [0.05, 0.1) is 24.3 Å². The van der Waals surface area contributed by atoms with Gasteiger partial charge in [-0.1, -0.05) is 12.8 Å². The summed E-state index contributed by atoms with van der Waals surface area (Å²) in [6.07, 6.45) is -0.415. The van der Waals surface area contributed by atoms with Crippen LogP contribution in [0, 0.1) is 0 Å². The highest BCUT2D eigenvalue weighted by Crippen LogP contribution is 2.42. The summed E-state index contributed by atoms with van der Waals surface area (Å²) in [5, 5.41) is 31.6.